The van der Waals surface area contributed by atoms with E-state index in [0.29, 0.717) is 11.8 Å². The van der Waals surface area contributed by atoms with Crippen molar-refractivity contribution in [3.63, 3.8) is 0 Å². The molecule has 7 heteroatoms. The number of rotatable bonds is 4. The summed E-state index contributed by atoms with van der Waals surface area (Å²) in [6, 6.07) is 8.32. The van der Waals surface area contributed by atoms with Gasteiger partial charge in [-0.25, -0.2) is 4.98 Å². The summed E-state index contributed by atoms with van der Waals surface area (Å²) < 4.78 is 7.81. The van der Waals surface area contributed by atoms with Crippen LogP contribution in [0.1, 0.15) is 69.5 Å². The Morgan fingerprint density at radius 3 is 2.75 bits per heavy atom. The summed E-state index contributed by atoms with van der Waals surface area (Å²) in [4.78, 5) is 31.0. The second-order valence-electron chi connectivity index (χ2n) is 10.1. The fourth-order valence-electron chi connectivity index (χ4n) is 6.00. The van der Waals surface area contributed by atoms with Crippen LogP contribution in [0.4, 0.5) is 0 Å². The minimum Gasteiger partial charge on any atom is -0.375 e. The van der Waals surface area contributed by atoms with Gasteiger partial charge in [0.25, 0.3) is 5.56 Å². The molecule has 170 valence electrons. The standard InChI is InChI=1S/C25H31N3O3S/c1-24(2)14-17(9-12-31-24)28-22(30)20-21(27-23(28)32-15-19(26)29)18-8-4-3-7-16(18)13-25(20)10-5-6-11-25/h3-4,7-8,17H,5-6,9-15H2,1-2H3,(H2,26,29)/t17-/m0/s1. The molecule has 5 rings (SSSR count). The highest BCUT2D eigenvalue weighted by atomic mass is 32.2. The van der Waals surface area contributed by atoms with Crippen molar-refractivity contribution in [1.29, 1.82) is 0 Å². The molecule has 2 N–H and O–H groups in total. The normalized spacial score (nSPS) is 23.0. The summed E-state index contributed by atoms with van der Waals surface area (Å²) in [5.41, 5.74) is 9.12. The van der Waals surface area contributed by atoms with Crippen LogP contribution < -0.4 is 11.3 Å². The Balaban J connectivity index is 1.74. The summed E-state index contributed by atoms with van der Waals surface area (Å²) in [5, 5.41) is 0.597. The zero-order valence-electron chi connectivity index (χ0n) is 18.9. The maximum atomic E-state index is 14.3. The fraction of sp³-hybridized carbons (Fsp3) is 0.560. The molecule has 1 spiro atoms. The maximum absolute atomic E-state index is 14.3. The number of primary amides is 1. The number of hydrogen-bond acceptors (Lipinski definition) is 5. The number of nitrogens with zero attached hydrogens (tertiary/aromatic N) is 2. The molecule has 1 aromatic carbocycles. The lowest BCUT2D eigenvalue weighted by atomic mass is 9.68. The summed E-state index contributed by atoms with van der Waals surface area (Å²) in [6.07, 6.45) is 6.74. The molecular formula is C25H31N3O3S. The van der Waals surface area contributed by atoms with Gasteiger partial charge in [-0.2, -0.15) is 0 Å². The van der Waals surface area contributed by atoms with E-state index in [2.05, 4.69) is 32.0 Å². The second-order valence-corrected chi connectivity index (χ2v) is 11.1. The summed E-state index contributed by atoms with van der Waals surface area (Å²) in [7, 11) is 0. The molecule has 32 heavy (non-hydrogen) atoms. The van der Waals surface area contributed by atoms with E-state index < -0.39 is 5.91 Å². The number of carbonyl (C=O) groups is 1. The molecule has 1 aliphatic heterocycles. The van der Waals surface area contributed by atoms with Crippen molar-refractivity contribution in [2.75, 3.05) is 12.4 Å². The van der Waals surface area contributed by atoms with Crippen LogP contribution in [-0.4, -0.2) is 33.4 Å². The lowest BCUT2D eigenvalue weighted by Crippen LogP contribution is -2.44. The highest BCUT2D eigenvalue weighted by molar-refractivity contribution is 7.99. The number of benzene rings is 1. The van der Waals surface area contributed by atoms with Gasteiger partial charge in [-0.3, -0.25) is 14.2 Å². The third-order valence-corrected chi connectivity index (χ3v) is 8.33. The number of fused-ring (bicyclic) bond motifs is 4. The fourth-order valence-corrected chi connectivity index (χ4v) is 6.80. The van der Waals surface area contributed by atoms with Gasteiger partial charge in [0.2, 0.25) is 5.91 Å². The molecule has 0 radical (unpaired) electrons. The first-order valence-electron chi connectivity index (χ1n) is 11.6. The van der Waals surface area contributed by atoms with Crippen LogP contribution in [-0.2, 0) is 21.4 Å². The van der Waals surface area contributed by atoms with Crippen molar-refractivity contribution in [2.24, 2.45) is 5.73 Å². The molecule has 0 bridgehead atoms. The van der Waals surface area contributed by atoms with Crippen molar-refractivity contribution >= 4 is 17.7 Å². The number of ether oxygens (including phenoxy) is 1. The van der Waals surface area contributed by atoms with E-state index in [1.807, 2.05) is 10.6 Å². The number of hydrogen-bond donors (Lipinski definition) is 1. The van der Waals surface area contributed by atoms with Gasteiger partial charge in [0, 0.05) is 23.6 Å². The van der Waals surface area contributed by atoms with Gasteiger partial charge >= 0.3 is 0 Å². The Morgan fingerprint density at radius 2 is 2.03 bits per heavy atom. The van der Waals surface area contributed by atoms with E-state index in [4.69, 9.17) is 15.5 Å². The first-order chi connectivity index (χ1) is 15.3. The van der Waals surface area contributed by atoms with Gasteiger partial charge in [0.15, 0.2) is 5.16 Å². The molecule has 1 atom stereocenters. The zero-order valence-corrected chi connectivity index (χ0v) is 19.7. The quantitative estimate of drug-likeness (QED) is 0.559. The predicted molar refractivity (Wildman–Crippen MR) is 126 cm³/mol. The monoisotopic (exact) mass is 453 g/mol. The van der Waals surface area contributed by atoms with Crippen LogP contribution in [0, 0.1) is 0 Å². The Bertz CT molecular complexity index is 1120. The summed E-state index contributed by atoms with van der Waals surface area (Å²) in [5.74, 6) is -0.307. The molecule has 1 amide bonds. The molecule has 1 saturated heterocycles. The first-order valence-corrected chi connectivity index (χ1v) is 12.6. The third-order valence-electron chi connectivity index (χ3n) is 7.36. The topological polar surface area (TPSA) is 87.2 Å². The molecule has 2 fully saturated rings. The van der Waals surface area contributed by atoms with Crippen LogP contribution in [0.5, 0.6) is 0 Å². The molecule has 6 nitrogen and oxygen atoms in total. The summed E-state index contributed by atoms with van der Waals surface area (Å²) >= 11 is 1.28. The Hall–Kier alpha value is -2.12. The Morgan fingerprint density at radius 1 is 1.28 bits per heavy atom. The average molecular weight is 454 g/mol. The molecular weight excluding hydrogens is 422 g/mol. The van der Waals surface area contributed by atoms with Gasteiger partial charge < -0.3 is 10.5 Å². The van der Waals surface area contributed by atoms with Crippen molar-refractivity contribution in [1.82, 2.24) is 9.55 Å². The smallest absolute Gasteiger partial charge is 0.258 e. The first kappa shape index (κ1) is 21.7. The van der Waals surface area contributed by atoms with E-state index in [1.54, 1.807) is 0 Å². The van der Waals surface area contributed by atoms with Crippen molar-refractivity contribution in [3.05, 3.63) is 45.7 Å². The number of thioether (sulfide) groups is 1. The van der Waals surface area contributed by atoms with Gasteiger partial charge in [0.1, 0.15) is 0 Å². The van der Waals surface area contributed by atoms with Gasteiger partial charge in [-0.1, -0.05) is 48.9 Å². The van der Waals surface area contributed by atoms with E-state index in [0.717, 1.165) is 61.8 Å². The number of aromatic nitrogens is 2. The van der Waals surface area contributed by atoms with Crippen LogP contribution in [0.3, 0.4) is 0 Å². The largest absolute Gasteiger partial charge is 0.375 e. The van der Waals surface area contributed by atoms with Gasteiger partial charge in [-0.15, -0.1) is 0 Å². The van der Waals surface area contributed by atoms with Crippen molar-refractivity contribution in [2.45, 2.75) is 81.0 Å². The Labute approximate surface area is 192 Å². The molecule has 2 aromatic rings. The second kappa shape index (κ2) is 8.03. The molecule has 2 aliphatic carbocycles. The van der Waals surface area contributed by atoms with Crippen LogP contribution in [0.2, 0.25) is 0 Å². The molecule has 2 heterocycles. The highest BCUT2D eigenvalue weighted by Gasteiger charge is 2.45. The summed E-state index contributed by atoms with van der Waals surface area (Å²) in [6.45, 7) is 4.75. The van der Waals surface area contributed by atoms with E-state index in [1.165, 1.54) is 17.3 Å². The number of nitrogens with two attached hydrogens (primary N) is 1. The molecule has 3 aliphatic rings. The van der Waals surface area contributed by atoms with Crippen LogP contribution in [0.25, 0.3) is 11.3 Å². The van der Waals surface area contributed by atoms with E-state index in [9.17, 15) is 9.59 Å². The molecule has 0 unspecified atom stereocenters. The maximum Gasteiger partial charge on any atom is 0.258 e. The van der Waals surface area contributed by atoms with Crippen molar-refractivity contribution < 1.29 is 9.53 Å². The van der Waals surface area contributed by atoms with E-state index in [-0.39, 0.29) is 28.4 Å². The van der Waals surface area contributed by atoms with Gasteiger partial charge in [-0.05, 0) is 51.5 Å². The molecule has 1 saturated carbocycles. The van der Waals surface area contributed by atoms with Crippen molar-refractivity contribution in [3.8, 4) is 11.3 Å². The average Bonchev–Trinajstić information content (AvgIpc) is 3.19. The van der Waals surface area contributed by atoms with Crippen LogP contribution in [0.15, 0.2) is 34.2 Å². The van der Waals surface area contributed by atoms with Gasteiger partial charge in [0.05, 0.1) is 22.6 Å². The minimum absolute atomic E-state index is 0.00458. The number of carbonyl (C=O) groups excluding carboxylic acids is 1. The SMILES string of the molecule is CC1(C)C[C@@H](n2c(SCC(N)=O)nc3c(c2=O)C2(CCCC2)Cc2ccccc2-3)CCO1. The lowest BCUT2D eigenvalue weighted by molar-refractivity contribution is -0.115. The van der Waals surface area contributed by atoms with Crippen LogP contribution >= 0.6 is 11.8 Å². The zero-order chi connectivity index (χ0) is 22.5. The van der Waals surface area contributed by atoms with E-state index >= 15 is 0 Å². The highest BCUT2D eigenvalue weighted by Crippen LogP contribution is 2.50. The predicted octanol–water partition coefficient (Wildman–Crippen LogP) is 3.99. The third kappa shape index (κ3) is 3.69. The number of amides is 1. The minimum atomic E-state index is -0.409. The molecule has 1 aromatic heterocycles. The Kier molecular flexibility index (Phi) is 5.45. The lowest BCUT2D eigenvalue weighted by Gasteiger charge is -2.40.